The van der Waals surface area contributed by atoms with Gasteiger partial charge >= 0.3 is 5.97 Å². The van der Waals surface area contributed by atoms with Crippen LogP contribution in [0.1, 0.15) is 0 Å². The third-order valence-electron chi connectivity index (χ3n) is 1.79. The van der Waals surface area contributed by atoms with Gasteiger partial charge in [0.05, 0.1) is 11.6 Å². The molecule has 0 bridgehead atoms. The molecule has 0 radical (unpaired) electrons. The standard InChI is InChI=1S/C9H9Br2NO3/c1-15-9(14)7(11)5-12-4-2-3-6(10)8(12)13/h2-4,7H,5H2,1H3. The van der Waals surface area contributed by atoms with E-state index >= 15 is 0 Å². The number of carbonyl (C=O) groups is 1. The molecule has 0 aliphatic carbocycles. The number of rotatable bonds is 3. The Morgan fingerprint density at radius 3 is 2.93 bits per heavy atom. The molecule has 0 fully saturated rings. The van der Waals surface area contributed by atoms with E-state index in [0.29, 0.717) is 4.47 Å². The SMILES string of the molecule is COC(=O)C(Br)Cn1cccc(Br)c1=O. The van der Waals surface area contributed by atoms with Gasteiger partial charge in [0.25, 0.3) is 5.56 Å². The average molecular weight is 339 g/mol. The first-order valence-corrected chi connectivity index (χ1v) is 5.84. The molecule has 0 saturated heterocycles. The Morgan fingerprint density at radius 2 is 2.33 bits per heavy atom. The molecule has 1 rings (SSSR count). The van der Waals surface area contributed by atoms with Gasteiger partial charge in [-0.25, -0.2) is 0 Å². The Bertz CT molecular complexity index is 416. The van der Waals surface area contributed by atoms with E-state index in [4.69, 9.17) is 0 Å². The molecule has 1 aromatic rings. The van der Waals surface area contributed by atoms with E-state index in [9.17, 15) is 9.59 Å². The molecular formula is C9H9Br2NO3. The summed E-state index contributed by atoms with van der Waals surface area (Å²) in [6.45, 7) is 0.241. The fourth-order valence-electron chi connectivity index (χ4n) is 1.03. The number of methoxy groups -OCH3 is 1. The number of hydrogen-bond acceptors (Lipinski definition) is 3. The van der Waals surface area contributed by atoms with Crippen LogP contribution in [0.4, 0.5) is 0 Å². The molecule has 15 heavy (non-hydrogen) atoms. The zero-order valence-electron chi connectivity index (χ0n) is 7.94. The van der Waals surface area contributed by atoms with Crippen LogP contribution in [0.3, 0.4) is 0 Å². The summed E-state index contributed by atoms with van der Waals surface area (Å²) in [5, 5.41) is 0. The maximum absolute atomic E-state index is 11.6. The van der Waals surface area contributed by atoms with Crippen LogP contribution in [0.2, 0.25) is 0 Å². The molecule has 6 heteroatoms. The summed E-state index contributed by atoms with van der Waals surface area (Å²) in [5.74, 6) is -0.401. The van der Waals surface area contributed by atoms with Crippen molar-refractivity contribution in [2.75, 3.05) is 7.11 Å². The first kappa shape index (κ1) is 12.4. The van der Waals surface area contributed by atoms with Gasteiger partial charge in [-0.1, -0.05) is 15.9 Å². The molecule has 4 nitrogen and oxygen atoms in total. The molecule has 1 unspecified atom stereocenters. The minimum absolute atomic E-state index is 0.175. The van der Waals surface area contributed by atoms with Crippen LogP contribution in [0, 0.1) is 0 Å². The summed E-state index contributed by atoms with van der Waals surface area (Å²) in [4.78, 5) is 22.2. The molecule has 0 aliphatic rings. The summed E-state index contributed by atoms with van der Waals surface area (Å²) in [7, 11) is 1.31. The minimum atomic E-state index is -0.519. The van der Waals surface area contributed by atoms with Crippen LogP contribution >= 0.6 is 31.9 Å². The van der Waals surface area contributed by atoms with Gasteiger partial charge in [0, 0.05) is 12.7 Å². The second kappa shape index (κ2) is 5.46. The molecule has 0 aliphatic heterocycles. The fourth-order valence-corrected chi connectivity index (χ4v) is 1.91. The highest BCUT2D eigenvalue weighted by atomic mass is 79.9. The Balaban J connectivity index is 2.86. The van der Waals surface area contributed by atoms with Crippen molar-refractivity contribution in [3.63, 3.8) is 0 Å². The van der Waals surface area contributed by atoms with Crippen LogP contribution in [-0.2, 0) is 16.1 Å². The molecule has 0 N–H and O–H groups in total. The number of aromatic nitrogens is 1. The number of hydrogen-bond donors (Lipinski definition) is 0. The van der Waals surface area contributed by atoms with Crippen molar-refractivity contribution in [3.8, 4) is 0 Å². The van der Waals surface area contributed by atoms with Crippen LogP contribution in [-0.4, -0.2) is 22.5 Å². The lowest BCUT2D eigenvalue weighted by Crippen LogP contribution is -2.28. The summed E-state index contributed by atoms with van der Waals surface area (Å²) >= 11 is 6.27. The van der Waals surface area contributed by atoms with E-state index in [0.717, 1.165) is 0 Å². The Hall–Kier alpha value is -0.620. The number of nitrogens with zero attached hydrogens (tertiary/aromatic N) is 1. The van der Waals surface area contributed by atoms with Gasteiger partial charge in [-0.2, -0.15) is 0 Å². The fraction of sp³-hybridized carbons (Fsp3) is 0.333. The zero-order valence-corrected chi connectivity index (χ0v) is 11.1. The van der Waals surface area contributed by atoms with Crippen LogP contribution in [0.15, 0.2) is 27.6 Å². The van der Waals surface area contributed by atoms with Gasteiger partial charge in [0.2, 0.25) is 0 Å². The largest absolute Gasteiger partial charge is 0.468 e. The van der Waals surface area contributed by atoms with Crippen molar-refractivity contribution >= 4 is 37.8 Å². The maximum atomic E-state index is 11.6. The monoisotopic (exact) mass is 337 g/mol. The molecule has 1 heterocycles. The van der Waals surface area contributed by atoms with Crippen molar-refractivity contribution in [1.82, 2.24) is 4.57 Å². The highest BCUT2D eigenvalue weighted by Gasteiger charge is 2.16. The smallest absolute Gasteiger partial charge is 0.321 e. The van der Waals surface area contributed by atoms with E-state index in [1.807, 2.05) is 0 Å². The van der Waals surface area contributed by atoms with Crippen molar-refractivity contribution < 1.29 is 9.53 Å². The average Bonchev–Trinajstić information content (AvgIpc) is 2.23. The second-order valence-electron chi connectivity index (χ2n) is 2.80. The molecule has 1 aromatic heterocycles. The summed E-state index contributed by atoms with van der Waals surface area (Å²) < 4.78 is 6.44. The van der Waals surface area contributed by atoms with Crippen LogP contribution in [0.5, 0.6) is 0 Å². The van der Waals surface area contributed by atoms with Gasteiger partial charge in [0.1, 0.15) is 4.83 Å². The van der Waals surface area contributed by atoms with Gasteiger partial charge in [-0.3, -0.25) is 9.59 Å². The molecule has 0 spiro atoms. The van der Waals surface area contributed by atoms with Gasteiger partial charge < -0.3 is 9.30 Å². The third-order valence-corrected chi connectivity index (χ3v) is 3.05. The van der Waals surface area contributed by atoms with Crippen molar-refractivity contribution in [2.24, 2.45) is 0 Å². The molecule has 82 valence electrons. The van der Waals surface area contributed by atoms with Crippen molar-refractivity contribution in [1.29, 1.82) is 0 Å². The number of ether oxygens (including phenoxy) is 1. The molecule has 0 saturated carbocycles. The summed E-state index contributed by atoms with van der Waals surface area (Å²) in [6, 6.07) is 3.38. The minimum Gasteiger partial charge on any atom is -0.468 e. The van der Waals surface area contributed by atoms with Gasteiger partial charge in [0.15, 0.2) is 0 Å². The number of pyridine rings is 1. The summed E-state index contributed by atoms with van der Waals surface area (Å²) in [5.41, 5.74) is -0.175. The molecule has 1 atom stereocenters. The van der Waals surface area contributed by atoms with Crippen molar-refractivity contribution in [3.05, 3.63) is 33.2 Å². The van der Waals surface area contributed by atoms with Gasteiger partial charge in [-0.05, 0) is 28.1 Å². The van der Waals surface area contributed by atoms with E-state index < -0.39 is 10.8 Å². The van der Waals surface area contributed by atoms with E-state index in [1.165, 1.54) is 11.7 Å². The predicted molar refractivity (Wildman–Crippen MR) is 63.1 cm³/mol. The molecule has 0 amide bonds. The number of esters is 1. The highest BCUT2D eigenvalue weighted by molar-refractivity contribution is 9.10. The lowest BCUT2D eigenvalue weighted by Gasteiger charge is -2.09. The number of alkyl halides is 1. The van der Waals surface area contributed by atoms with Crippen molar-refractivity contribution in [2.45, 2.75) is 11.4 Å². The predicted octanol–water partition coefficient (Wildman–Crippen LogP) is 1.55. The maximum Gasteiger partial charge on any atom is 0.321 e. The van der Waals surface area contributed by atoms with E-state index in [-0.39, 0.29) is 12.1 Å². The van der Waals surface area contributed by atoms with Crippen LogP contribution < -0.4 is 5.56 Å². The lowest BCUT2D eigenvalue weighted by molar-refractivity contribution is -0.140. The normalized spacial score (nSPS) is 12.2. The van der Waals surface area contributed by atoms with Crippen LogP contribution in [0.25, 0.3) is 0 Å². The molecular weight excluding hydrogens is 330 g/mol. The lowest BCUT2D eigenvalue weighted by atomic mass is 10.4. The summed E-state index contributed by atoms with van der Waals surface area (Å²) in [6.07, 6.45) is 1.62. The highest BCUT2D eigenvalue weighted by Crippen LogP contribution is 2.06. The topological polar surface area (TPSA) is 48.3 Å². The number of halogens is 2. The zero-order chi connectivity index (χ0) is 11.4. The Kier molecular flexibility index (Phi) is 4.53. The Morgan fingerprint density at radius 1 is 1.67 bits per heavy atom. The van der Waals surface area contributed by atoms with Gasteiger partial charge in [-0.15, -0.1) is 0 Å². The quantitative estimate of drug-likeness (QED) is 0.620. The second-order valence-corrected chi connectivity index (χ2v) is 4.76. The third kappa shape index (κ3) is 3.17. The van der Waals surface area contributed by atoms with E-state index in [1.54, 1.807) is 18.3 Å². The molecule has 0 aromatic carbocycles. The first-order valence-electron chi connectivity index (χ1n) is 4.13. The number of carbonyl (C=O) groups excluding carboxylic acids is 1. The first-order chi connectivity index (χ1) is 7.06. The Labute approximate surface area is 103 Å². The van der Waals surface area contributed by atoms with E-state index in [2.05, 4.69) is 36.6 Å².